The Hall–Kier alpha value is -2.56. The van der Waals surface area contributed by atoms with Crippen molar-refractivity contribution >= 4 is 23.4 Å². The zero-order valence-corrected chi connectivity index (χ0v) is 16.8. The minimum atomic E-state index is -0.0695. The van der Waals surface area contributed by atoms with Crippen LogP contribution in [0.5, 0.6) is 0 Å². The Labute approximate surface area is 170 Å². The maximum Gasteiger partial charge on any atom is 0.255 e. The van der Waals surface area contributed by atoms with Gasteiger partial charge in [0.2, 0.25) is 0 Å². The van der Waals surface area contributed by atoms with E-state index in [2.05, 4.69) is 46.6 Å². The van der Waals surface area contributed by atoms with E-state index in [0.29, 0.717) is 5.56 Å². The van der Waals surface area contributed by atoms with E-state index in [1.54, 1.807) is 11.8 Å². The number of benzene rings is 3. The van der Waals surface area contributed by atoms with Gasteiger partial charge in [0.25, 0.3) is 5.91 Å². The Morgan fingerprint density at radius 1 is 0.964 bits per heavy atom. The Morgan fingerprint density at radius 3 is 2.46 bits per heavy atom. The first-order chi connectivity index (χ1) is 13.7. The highest BCUT2D eigenvalue weighted by Gasteiger charge is 2.16. The molecule has 0 saturated heterocycles. The molecule has 3 aromatic carbocycles. The van der Waals surface area contributed by atoms with Gasteiger partial charge in [-0.05, 0) is 53.6 Å². The van der Waals surface area contributed by atoms with Gasteiger partial charge in [-0.15, -0.1) is 11.8 Å². The van der Waals surface area contributed by atoms with Gasteiger partial charge in [-0.25, -0.2) is 0 Å². The zero-order valence-electron chi connectivity index (χ0n) is 16.0. The van der Waals surface area contributed by atoms with E-state index < -0.39 is 0 Å². The van der Waals surface area contributed by atoms with Crippen LogP contribution in [-0.2, 0) is 19.5 Å². The second-order valence-corrected chi connectivity index (χ2v) is 7.93. The summed E-state index contributed by atoms with van der Waals surface area (Å²) in [7, 11) is 0. The van der Waals surface area contributed by atoms with Crippen LogP contribution in [0.3, 0.4) is 0 Å². The predicted molar refractivity (Wildman–Crippen MR) is 117 cm³/mol. The predicted octanol–water partition coefficient (Wildman–Crippen LogP) is 5.22. The monoisotopic (exact) mass is 388 g/mol. The second kappa shape index (κ2) is 8.63. The number of hydrogen-bond donors (Lipinski definition) is 1. The fraction of sp³-hybridized carbons (Fsp3) is 0.208. The second-order valence-electron chi connectivity index (χ2n) is 7.08. The maximum absolute atomic E-state index is 12.6. The lowest BCUT2D eigenvalue weighted by molar-refractivity contribution is 0.102. The highest BCUT2D eigenvalue weighted by molar-refractivity contribution is 7.98. The molecule has 1 amide bonds. The van der Waals surface area contributed by atoms with E-state index >= 15 is 0 Å². The molecule has 0 bridgehead atoms. The molecule has 142 valence electrons. The molecule has 1 N–H and O–H groups in total. The standard InChI is InChI=1S/C24H24N2OS/c1-28-23-9-5-4-8-22(23)25-24(27)20-12-10-18(11-13-20)16-26-15-14-19-6-2-3-7-21(19)17-26/h2-13H,14-17H2,1H3,(H,25,27). The Balaban J connectivity index is 1.39. The fourth-order valence-electron chi connectivity index (χ4n) is 3.65. The third kappa shape index (κ3) is 4.29. The van der Waals surface area contributed by atoms with Gasteiger partial charge >= 0.3 is 0 Å². The molecule has 0 aliphatic carbocycles. The molecule has 0 radical (unpaired) electrons. The van der Waals surface area contributed by atoms with E-state index in [4.69, 9.17) is 0 Å². The molecule has 28 heavy (non-hydrogen) atoms. The molecular formula is C24H24N2OS. The molecular weight excluding hydrogens is 364 g/mol. The molecule has 0 saturated carbocycles. The highest BCUT2D eigenvalue weighted by Crippen LogP contribution is 2.25. The fourth-order valence-corrected chi connectivity index (χ4v) is 4.20. The first kappa shape index (κ1) is 18.8. The van der Waals surface area contributed by atoms with Crippen LogP contribution in [0, 0.1) is 0 Å². The average molecular weight is 389 g/mol. The van der Waals surface area contributed by atoms with Gasteiger partial charge in [0.15, 0.2) is 0 Å². The van der Waals surface area contributed by atoms with Gasteiger partial charge in [-0.3, -0.25) is 9.69 Å². The minimum Gasteiger partial charge on any atom is -0.321 e. The van der Waals surface area contributed by atoms with Crippen molar-refractivity contribution in [3.63, 3.8) is 0 Å². The van der Waals surface area contributed by atoms with Crippen LogP contribution in [-0.4, -0.2) is 23.6 Å². The molecule has 0 unspecified atom stereocenters. The van der Waals surface area contributed by atoms with Gasteiger partial charge in [0.1, 0.15) is 0 Å². The molecule has 0 aromatic heterocycles. The van der Waals surface area contributed by atoms with Crippen molar-refractivity contribution < 1.29 is 4.79 Å². The Morgan fingerprint density at radius 2 is 1.68 bits per heavy atom. The number of anilines is 1. The molecule has 4 rings (SSSR count). The SMILES string of the molecule is CSc1ccccc1NC(=O)c1ccc(CN2CCc3ccccc3C2)cc1. The largest absolute Gasteiger partial charge is 0.321 e. The molecule has 1 aliphatic heterocycles. The third-order valence-corrected chi connectivity index (χ3v) is 5.98. The molecule has 3 aromatic rings. The normalized spacial score (nSPS) is 13.8. The summed E-state index contributed by atoms with van der Waals surface area (Å²) in [5.41, 5.74) is 5.67. The molecule has 0 fully saturated rings. The number of amides is 1. The summed E-state index contributed by atoms with van der Waals surface area (Å²) >= 11 is 1.63. The van der Waals surface area contributed by atoms with Gasteiger partial charge in [-0.2, -0.15) is 0 Å². The number of fused-ring (bicyclic) bond motifs is 1. The van der Waals surface area contributed by atoms with Gasteiger partial charge in [0.05, 0.1) is 5.69 Å². The van der Waals surface area contributed by atoms with Crippen LogP contribution in [0.1, 0.15) is 27.0 Å². The van der Waals surface area contributed by atoms with Crippen molar-refractivity contribution in [2.45, 2.75) is 24.4 Å². The molecule has 1 aliphatic rings. The average Bonchev–Trinajstić information content (AvgIpc) is 2.74. The van der Waals surface area contributed by atoms with Crippen LogP contribution >= 0.6 is 11.8 Å². The third-order valence-electron chi connectivity index (χ3n) is 5.19. The number of para-hydroxylation sites is 1. The van der Waals surface area contributed by atoms with Crippen molar-refractivity contribution in [1.82, 2.24) is 4.90 Å². The van der Waals surface area contributed by atoms with E-state index in [9.17, 15) is 4.79 Å². The van der Waals surface area contributed by atoms with E-state index in [0.717, 1.165) is 36.6 Å². The van der Waals surface area contributed by atoms with Crippen LogP contribution in [0.15, 0.2) is 77.7 Å². The first-order valence-electron chi connectivity index (χ1n) is 9.55. The van der Waals surface area contributed by atoms with E-state index in [1.807, 2.05) is 42.7 Å². The van der Waals surface area contributed by atoms with Gasteiger partial charge < -0.3 is 5.32 Å². The number of thioether (sulfide) groups is 1. The van der Waals surface area contributed by atoms with Crippen molar-refractivity contribution in [3.05, 3.63) is 95.1 Å². The van der Waals surface area contributed by atoms with Crippen molar-refractivity contribution in [2.75, 3.05) is 18.1 Å². The number of rotatable bonds is 5. The van der Waals surface area contributed by atoms with Crippen LogP contribution in [0.4, 0.5) is 5.69 Å². The summed E-state index contributed by atoms with van der Waals surface area (Å²) in [4.78, 5) is 16.1. The summed E-state index contributed by atoms with van der Waals surface area (Å²) in [6.07, 6.45) is 3.12. The summed E-state index contributed by atoms with van der Waals surface area (Å²) in [6, 6.07) is 24.5. The lowest BCUT2D eigenvalue weighted by atomic mass is 9.99. The van der Waals surface area contributed by atoms with Crippen molar-refractivity contribution in [3.8, 4) is 0 Å². The molecule has 0 spiro atoms. The summed E-state index contributed by atoms with van der Waals surface area (Å²) in [6.45, 7) is 2.97. The number of carbonyl (C=O) groups excluding carboxylic acids is 1. The number of nitrogens with one attached hydrogen (secondary N) is 1. The topological polar surface area (TPSA) is 32.3 Å². The highest BCUT2D eigenvalue weighted by atomic mass is 32.2. The molecule has 1 heterocycles. The molecule has 4 heteroatoms. The first-order valence-corrected chi connectivity index (χ1v) is 10.8. The smallest absolute Gasteiger partial charge is 0.255 e. The van der Waals surface area contributed by atoms with Gasteiger partial charge in [-0.1, -0.05) is 48.5 Å². The quantitative estimate of drug-likeness (QED) is 0.608. The summed E-state index contributed by atoms with van der Waals surface area (Å²) in [5, 5.41) is 3.02. The number of carbonyl (C=O) groups is 1. The van der Waals surface area contributed by atoms with Crippen molar-refractivity contribution in [1.29, 1.82) is 0 Å². The molecule has 3 nitrogen and oxygen atoms in total. The minimum absolute atomic E-state index is 0.0695. The lowest BCUT2D eigenvalue weighted by Gasteiger charge is -2.28. The Bertz CT molecular complexity index is 968. The molecule has 0 atom stereocenters. The number of nitrogens with zero attached hydrogens (tertiary/aromatic N) is 1. The van der Waals surface area contributed by atoms with Crippen molar-refractivity contribution in [2.24, 2.45) is 0 Å². The van der Waals surface area contributed by atoms with Crippen LogP contribution in [0.25, 0.3) is 0 Å². The van der Waals surface area contributed by atoms with Gasteiger partial charge in [0, 0.05) is 30.1 Å². The van der Waals surface area contributed by atoms with Crippen LogP contribution in [0.2, 0.25) is 0 Å². The van der Waals surface area contributed by atoms with E-state index in [-0.39, 0.29) is 5.91 Å². The maximum atomic E-state index is 12.6. The summed E-state index contributed by atoms with van der Waals surface area (Å²) in [5.74, 6) is -0.0695. The number of hydrogen-bond acceptors (Lipinski definition) is 3. The van der Waals surface area contributed by atoms with Crippen LogP contribution < -0.4 is 5.32 Å². The Kier molecular flexibility index (Phi) is 5.79. The van der Waals surface area contributed by atoms with E-state index in [1.165, 1.54) is 16.7 Å². The summed E-state index contributed by atoms with van der Waals surface area (Å²) < 4.78 is 0. The zero-order chi connectivity index (χ0) is 19.3. The lowest BCUT2D eigenvalue weighted by Crippen LogP contribution is -2.29.